The number of nitrogens with zero attached hydrogens (tertiary/aromatic N) is 2. The van der Waals surface area contributed by atoms with E-state index in [0.29, 0.717) is 0 Å². The van der Waals surface area contributed by atoms with Crippen LogP contribution in [-0.2, 0) is 5.41 Å². The molecule has 2 aliphatic rings. The number of anilines is 1. The second kappa shape index (κ2) is 4.52. The van der Waals surface area contributed by atoms with Gasteiger partial charge in [0, 0.05) is 24.8 Å². The average Bonchev–Trinajstić information content (AvgIpc) is 2.19. The van der Waals surface area contributed by atoms with Crippen molar-refractivity contribution in [1.82, 2.24) is 4.90 Å². The van der Waals surface area contributed by atoms with Crippen molar-refractivity contribution in [2.75, 3.05) is 31.1 Å². The first-order valence-electron chi connectivity index (χ1n) is 7.55. The predicted molar refractivity (Wildman–Crippen MR) is 82.1 cm³/mol. The van der Waals surface area contributed by atoms with Gasteiger partial charge >= 0.3 is 0 Å². The molecule has 0 unspecified atom stereocenters. The van der Waals surface area contributed by atoms with Gasteiger partial charge in [-0.2, -0.15) is 0 Å². The fourth-order valence-electron chi connectivity index (χ4n) is 3.07. The first-order chi connectivity index (χ1) is 8.95. The Balaban J connectivity index is 1.69. The van der Waals surface area contributed by atoms with Gasteiger partial charge in [-0.25, -0.2) is 0 Å². The number of hydrogen-bond donors (Lipinski definition) is 0. The van der Waals surface area contributed by atoms with E-state index in [2.05, 4.69) is 55.7 Å². The van der Waals surface area contributed by atoms with Gasteiger partial charge in [-0.15, -0.1) is 0 Å². The van der Waals surface area contributed by atoms with Crippen LogP contribution in [0.15, 0.2) is 18.2 Å². The van der Waals surface area contributed by atoms with E-state index in [0.717, 1.165) is 6.04 Å². The second-order valence-corrected chi connectivity index (χ2v) is 7.20. The Morgan fingerprint density at radius 1 is 1.11 bits per heavy atom. The number of rotatable bonds is 2. The topological polar surface area (TPSA) is 6.48 Å². The molecule has 3 rings (SSSR count). The number of aryl methyl sites for hydroxylation is 1. The van der Waals surface area contributed by atoms with Crippen LogP contribution in [0.5, 0.6) is 0 Å². The third-order valence-corrected chi connectivity index (χ3v) is 4.67. The zero-order valence-corrected chi connectivity index (χ0v) is 12.7. The molecule has 2 heteroatoms. The van der Waals surface area contributed by atoms with Crippen molar-refractivity contribution < 1.29 is 0 Å². The molecule has 0 atom stereocenters. The predicted octanol–water partition coefficient (Wildman–Crippen LogP) is 3.19. The SMILES string of the molecule is Cc1cc(C(C)(C)C)ccc1N1CC(N2CCC2)C1. The molecule has 2 saturated heterocycles. The molecule has 104 valence electrons. The van der Waals surface area contributed by atoms with Crippen molar-refractivity contribution in [3.8, 4) is 0 Å². The zero-order chi connectivity index (χ0) is 13.6. The third-order valence-electron chi connectivity index (χ3n) is 4.67. The minimum absolute atomic E-state index is 0.248. The first kappa shape index (κ1) is 13.0. The van der Waals surface area contributed by atoms with Gasteiger partial charge in [-0.05, 0) is 49.0 Å². The summed E-state index contributed by atoms with van der Waals surface area (Å²) in [5, 5.41) is 0. The molecule has 2 heterocycles. The maximum Gasteiger partial charge on any atom is 0.0446 e. The van der Waals surface area contributed by atoms with Gasteiger partial charge in [0.15, 0.2) is 0 Å². The van der Waals surface area contributed by atoms with Gasteiger partial charge in [0.1, 0.15) is 0 Å². The fraction of sp³-hybridized carbons (Fsp3) is 0.647. The van der Waals surface area contributed by atoms with Gasteiger partial charge in [-0.1, -0.05) is 32.9 Å². The largest absolute Gasteiger partial charge is 0.368 e. The van der Waals surface area contributed by atoms with Crippen LogP contribution in [0.4, 0.5) is 5.69 Å². The monoisotopic (exact) mass is 258 g/mol. The van der Waals surface area contributed by atoms with Crippen molar-refractivity contribution >= 4 is 5.69 Å². The van der Waals surface area contributed by atoms with E-state index in [1.54, 1.807) is 0 Å². The van der Waals surface area contributed by atoms with Crippen LogP contribution in [0.1, 0.15) is 38.3 Å². The Labute approximate surface area is 117 Å². The molecule has 1 aromatic carbocycles. The van der Waals surface area contributed by atoms with E-state index in [1.165, 1.54) is 49.4 Å². The van der Waals surface area contributed by atoms with Gasteiger partial charge in [0.05, 0.1) is 0 Å². The zero-order valence-electron chi connectivity index (χ0n) is 12.7. The quantitative estimate of drug-likeness (QED) is 0.804. The molecule has 0 aliphatic carbocycles. The van der Waals surface area contributed by atoms with E-state index in [1.807, 2.05) is 0 Å². The Morgan fingerprint density at radius 3 is 2.26 bits per heavy atom. The Hall–Kier alpha value is -1.02. The van der Waals surface area contributed by atoms with Crippen LogP contribution in [0.3, 0.4) is 0 Å². The molecule has 0 N–H and O–H groups in total. The summed E-state index contributed by atoms with van der Waals surface area (Å²) in [6, 6.07) is 7.81. The standard InChI is InChI=1S/C17H26N2/c1-13-10-14(17(2,3)4)6-7-16(13)19-11-15(12-19)18-8-5-9-18/h6-7,10,15H,5,8-9,11-12H2,1-4H3. The number of benzene rings is 1. The van der Waals surface area contributed by atoms with Crippen LogP contribution in [-0.4, -0.2) is 37.1 Å². The Kier molecular flexibility index (Phi) is 3.09. The second-order valence-electron chi connectivity index (χ2n) is 7.20. The van der Waals surface area contributed by atoms with Crippen LogP contribution in [0.25, 0.3) is 0 Å². The van der Waals surface area contributed by atoms with Crippen LogP contribution in [0, 0.1) is 6.92 Å². The smallest absolute Gasteiger partial charge is 0.0446 e. The molecule has 0 amide bonds. The summed E-state index contributed by atoms with van der Waals surface area (Å²) in [7, 11) is 0. The molecular weight excluding hydrogens is 232 g/mol. The number of likely N-dealkylation sites (tertiary alicyclic amines) is 1. The van der Waals surface area contributed by atoms with E-state index < -0.39 is 0 Å². The molecule has 0 spiro atoms. The lowest BCUT2D eigenvalue weighted by molar-refractivity contribution is 0.0977. The summed E-state index contributed by atoms with van der Waals surface area (Å²) in [5.41, 5.74) is 4.55. The molecule has 0 aromatic heterocycles. The minimum atomic E-state index is 0.248. The van der Waals surface area contributed by atoms with Crippen molar-refractivity contribution in [2.45, 2.75) is 45.6 Å². The van der Waals surface area contributed by atoms with Crippen molar-refractivity contribution in [1.29, 1.82) is 0 Å². The maximum absolute atomic E-state index is 2.62. The summed E-state index contributed by atoms with van der Waals surface area (Å²) < 4.78 is 0. The first-order valence-corrected chi connectivity index (χ1v) is 7.55. The summed E-state index contributed by atoms with van der Waals surface area (Å²) in [5.74, 6) is 0. The highest BCUT2D eigenvalue weighted by Crippen LogP contribution is 2.32. The summed E-state index contributed by atoms with van der Waals surface area (Å²) in [4.78, 5) is 5.15. The lowest BCUT2D eigenvalue weighted by atomic mass is 9.85. The van der Waals surface area contributed by atoms with E-state index in [9.17, 15) is 0 Å². The van der Waals surface area contributed by atoms with Crippen LogP contribution < -0.4 is 4.90 Å². The van der Waals surface area contributed by atoms with Crippen molar-refractivity contribution in [3.63, 3.8) is 0 Å². The molecule has 1 aromatic rings. The van der Waals surface area contributed by atoms with Crippen molar-refractivity contribution in [2.24, 2.45) is 0 Å². The van der Waals surface area contributed by atoms with Gasteiger partial charge in [0.2, 0.25) is 0 Å². The van der Waals surface area contributed by atoms with Crippen LogP contribution in [0.2, 0.25) is 0 Å². The van der Waals surface area contributed by atoms with Crippen molar-refractivity contribution in [3.05, 3.63) is 29.3 Å². The summed E-state index contributed by atoms with van der Waals surface area (Å²) in [6.07, 6.45) is 1.40. The molecule has 0 bridgehead atoms. The highest BCUT2D eigenvalue weighted by Gasteiger charge is 2.34. The molecule has 0 saturated carbocycles. The molecule has 19 heavy (non-hydrogen) atoms. The molecule has 2 nitrogen and oxygen atoms in total. The van der Waals surface area contributed by atoms with Gasteiger partial charge < -0.3 is 4.90 Å². The molecule has 2 aliphatic heterocycles. The van der Waals surface area contributed by atoms with E-state index in [4.69, 9.17) is 0 Å². The lowest BCUT2D eigenvalue weighted by Crippen LogP contribution is -2.63. The Morgan fingerprint density at radius 2 is 1.79 bits per heavy atom. The van der Waals surface area contributed by atoms with E-state index >= 15 is 0 Å². The minimum Gasteiger partial charge on any atom is -0.368 e. The molecule has 2 fully saturated rings. The highest BCUT2D eigenvalue weighted by atomic mass is 15.3. The highest BCUT2D eigenvalue weighted by molar-refractivity contribution is 5.57. The normalized spacial score (nSPS) is 21.2. The van der Waals surface area contributed by atoms with Gasteiger partial charge in [0.25, 0.3) is 0 Å². The molecular formula is C17H26N2. The Bertz CT molecular complexity index is 463. The van der Waals surface area contributed by atoms with Crippen LogP contribution >= 0.6 is 0 Å². The fourth-order valence-corrected chi connectivity index (χ4v) is 3.07. The third kappa shape index (κ3) is 2.38. The number of hydrogen-bond acceptors (Lipinski definition) is 2. The van der Waals surface area contributed by atoms with Gasteiger partial charge in [-0.3, -0.25) is 4.90 Å². The summed E-state index contributed by atoms with van der Waals surface area (Å²) >= 11 is 0. The van der Waals surface area contributed by atoms with E-state index in [-0.39, 0.29) is 5.41 Å². The lowest BCUT2D eigenvalue weighted by Gasteiger charge is -2.50. The average molecular weight is 258 g/mol. The maximum atomic E-state index is 2.62. The summed E-state index contributed by atoms with van der Waals surface area (Å²) in [6.45, 7) is 14.2. The molecule has 0 radical (unpaired) electrons.